The quantitative estimate of drug-likeness (QED) is 0.769. The van der Waals surface area contributed by atoms with E-state index >= 15 is 0 Å². The van der Waals surface area contributed by atoms with Crippen molar-refractivity contribution < 1.29 is 9.50 Å². The van der Waals surface area contributed by atoms with Crippen molar-refractivity contribution in [1.29, 1.82) is 0 Å². The lowest BCUT2D eigenvalue weighted by Gasteiger charge is -2.23. The molecule has 0 aliphatic carbocycles. The Kier molecular flexibility index (Phi) is 5.64. The number of halogens is 2. The molecule has 0 aliphatic rings. The van der Waals surface area contributed by atoms with Gasteiger partial charge < -0.3 is 10.4 Å². The van der Waals surface area contributed by atoms with Crippen molar-refractivity contribution in [3.8, 4) is 0 Å². The zero-order valence-electron chi connectivity index (χ0n) is 11.8. The third-order valence-electron chi connectivity index (χ3n) is 3.24. The van der Waals surface area contributed by atoms with E-state index in [1.165, 1.54) is 0 Å². The molecule has 114 valence electrons. The summed E-state index contributed by atoms with van der Waals surface area (Å²) in [7, 11) is 0. The van der Waals surface area contributed by atoms with Crippen LogP contribution in [0.25, 0.3) is 11.0 Å². The maximum Gasteiger partial charge on any atom is 0.225 e. The van der Waals surface area contributed by atoms with Crippen molar-refractivity contribution in [3.63, 3.8) is 0 Å². The minimum atomic E-state index is -1.09. The molecule has 0 saturated carbocycles. The van der Waals surface area contributed by atoms with E-state index in [1.807, 2.05) is 6.92 Å². The molecule has 0 aliphatic heterocycles. The lowest BCUT2D eigenvalue weighted by Crippen LogP contribution is -2.35. The van der Waals surface area contributed by atoms with E-state index in [2.05, 4.69) is 20.3 Å². The molecule has 2 heterocycles. The van der Waals surface area contributed by atoms with Gasteiger partial charge in [0.1, 0.15) is 18.3 Å². The first kappa shape index (κ1) is 15.9. The van der Waals surface area contributed by atoms with Gasteiger partial charge in [-0.15, -0.1) is 0 Å². The van der Waals surface area contributed by atoms with Crippen LogP contribution in [0.3, 0.4) is 0 Å². The second kappa shape index (κ2) is 7.47. The van der Waals surface area contributed by atoms with Crippen LogP contribution >= 0.6 is 11.6 Å². The summed E-state index contributed by atoms with van der Waals surface area (Å²) < 4.78 is 12.8. The Morgan fingerprint density at radius 3 is 2.95 bits per heavy atom. The third kappa shape index (κ3) is 3.98. The zero-order chi connectivity index (χ0) is 15.2. The largest absolute Gasteiger partial charge is 0.388 e. The number of nitrogens with zero attached hydrogens (tertiary/aromatic N) is 3. The molecule has 0 spiro atoms. The molecule has 0 saturated heterocycles. The second-order valence-electron chi connectivity index (χ2n) is 4.83. The van der Waals surface area contributed by atoms with Gasteiger partial charge >= 0.3 is 0 Å². The smallest absolute Gasteiger partial charge is 0.225 e. The number of hydrogen-bond acceptors (Lipinski definition) is 5. The average molecular weight is 313 g/mol. The molecule has 2 aromatic rings. The molecule has 2 N–H and O–H groups in total. The molecule has 0 radical (unpaired) electrons. The Labute approximate surface area is 127 Å². The van der Waals surface area contributed by atoms with Crippen LogP contribution in [-0.2, 0) is 0 Å². The van der Waals surface area contributed by atoms with Crippen LogP contribution in [-0.4, -0.2) is 38.9 Å². The van der Waals surface area contributed by atoms with E-state index in [4.69, 9.17) is 11.6 Å². The molecule has 2 atom stereocenters. The number of aromatic nitrogens is 3. The van der Waals surface area contributed by atoms with Crippen molar-refractivity contribution in [3.05, 3.63) is 23.6 Å². The van der Waals surface area contributed by atoms with Crippen molar-refractivity contribution >= 4 is 28.5 Å². The Morgan fingerprint density at radius 2 is 2.24 bits per heavy atom. The molecule has 5 nitrogen and oxygen atoms in total. The number of nitrogens with one attached hydrogen (secondary N) is 1. The first-order valence-electron chi connectivity index (χ1n) is 6.94. The molecule has 1 unspecified atom stereocenters. The molecule has 0 fully saturated rings. The highest BCUT2D eigenvalue weighted by Gasteiger charge is 2.20. The predicted octanol–water partition coefficient (Wildman–Crippen LogP) is 2.98. The van der Waals surface area contributed by atoms with Gasteiger partial charge in [-0.25, -0.2) is 9.37 Å². The summed E-state index contributed by atoms with van der Waals surface area (Å²) in [6.07, 6.45) is 3.00. The summed E-state index contributed by atoms with van der Waals surface area (Å²) in [4.78, 5) is 12.4. The van der Waals surface area contributed by atoms with Crippen LogP contribution in [0.1, 0.15) is 26.2 Å². The Morgan fingerprint density at radius 1 is 1.43 bits per heavy atom. The highest BCUT2D eigenvalue weighted by molar-refractivity contribution is 6.28. The first-order valence-corrected chi connectivity index (χ1v) is 7.32. The topological polar surface area (TPSA) is 70.9 Å². The second-order valence-corrected chi connectivity index (χ2v) is 5.17. The average Bonchev–Trinajstić information content (AvgIpc) is 2.50. The van der Waals surface area contributed by atoms with Gasteiger partial charge in [0, 0.05) is 6.20 Å². The van der Waals surface area contributed by atoms with E-state index in [9.17, 15) is 9.50 Å². The maximum absolute atomic E-state index is 12.8. The van der Waals surface area contributed by atoms with E-state index in [0.717, 1.165) is 12.8 Å². The van der Waals surface area contributed by atoms with Gasteiger partial charge in [-0.3, -0.25) is 4.98 Å². The Bertz CT molecular complexity index is 598. The molecule has 0 bridgehead atoms. The fraction of sp³-hybridized carbons (Fsp3) is 0.500. The summed E-state index contributed by atoms with van der Waals surface area (Å²) >= 11 is 5.90. The first-order chi connectivity index (χ1) is 10.2. The van der Waals surface area contributed by atoms with Crippen LogP contribution in [0.2, 0.25) is 5.28 Å². The van der Waals surface area contributed by atoms with Gasteiger partial charge in [-0.2, -0.15) is 4.98 Å². The molecule has 21 heavy (non-hydrogen) atoms. The summed E-state index contributed by atoms with van der Waals surface area (Å²) in [5.41, 5.74) is 1.15. The summed E-state index contributed by atoms with van der Waals surface area (Å²) in [5.74, 6) is 0.416. The molecular weight excluding hydrogens is 295 g/mol. The van der Waals surface area contributed by atoms with Crippen molar-refractivity contribution in [2.45, 2.75) is 38.3 Å². The Balaban J connectivity index is 2.31. The number of alkyl halides is 1. The van der Waals surface area contributed by atoms with E-state index in [0.29, 0.717) is 23.3 Å². The number of rotatable bonds is 7. The number of aliphatic hydroxyl groups excluding tert-OH is 1. The van der Waals surface area contributed by atoms with Crippen LogP contribution in [0.5, 0.6) is 0 Å². The summed E-state index contributed by atoms with van der Waals surface area (Å²) in [6.45, 7) is 1.23. The standard InChI is InChI=1S/C14H18ClFN4O/c1-2-3-5-9(11(21)8-16)18-13-12-10(6-4-7-17-12)19-14(15)20-13/h4,6-7,9,11,21H,2-3,5,8H2,1H3,(H,18,19,20)/t9-,11?/m1/s1. The number of pyridine rings is 1. The predicted molar refractivity (Wildman–Crippen MR) is 81.3 cm³/mol. The van der Waals surface area contributed by atoms with Crippen LogP contribution < -0.4 is 5.32 Å². The fourth-order valence-corrected chi connectivity index (χ4v) is 2.28. The van der Waals surface area contributed by atoms with Crippen LogP contribution in [0, 0.1) is 0 Å². The summed E-state index contributed by atoms with van der Waals surface area (Å²) in [5, 5.41) is 13.0. The fourth-order valence-electron chi connectivity index (χ4n) is 2.11. The number of fused-ring (bicyclic) bond motifs is 1. The van der Waals surface area contributed by atoms with Crippen LogP contribution in [0.15, 0.2) is 18.3 Å². The SMILES string of the molecule is CCCC[C@@H](Nc1nc(Cl)nc2cccnc12)C(O)CF. The molecule has 2 rings (SSSR count). The highest BCUT2D eigenvalue weighted by Crippen LogP contribution is 2.22. The van der Waals surface area contributed by atoms with E-state index in [1.54, 1.807) is 18.3 Å². The van der Waals surface area contributed by atoms with Gasteiger partial charge in [-0.05, 0) is 30.2 Å². The van der Waals surface area contributed by atoms with Gasteiger partial charge in [0.05, 0.1) is 11.6 Å². The zero-order valence-corrected chi connectivity index (χ0v) is 12.5. The monoisotopic (exact) mass is 312 g/mol. The minimum Gasteiger partial charge on any atom is -0.388 e. The van der Waals surface area contributed by atoms with E-state index in [-0.39, 0.29) is 5.28 Å². The van der Waals surface area contributed by atoms with Crippen LogP contribution in [0.4, 0.5) is 10.2 Å². The van der Waals surface area contributed by atoms with Gasteiger partial charge in [0.25, 0.3) is 0 Å². The molecule has 2 aromatic heterocycles. The molecule has 0 aromatic carbocycles. The molecular formula is C14H18ClFN4O. The maximum atomic E-state index is 12.8. The van der Waals surface area contributed by atoms with Gasteiger partial charge in [0.2, 0.25) is 5.28 Å². The highest BCUT2D eigenvalue weighted by atomic mass is 35.5. The number of aliphatic hydroxyl groups is 1. The van der Waals surface area contributed by atoms with Crippen molar-refractivity contribution in [1.82, 2.24) is 15.0 Å². The Hall–Kier alpha value is -1.53. The number of unbranched alkanes of at least 4 members (excludes halogenated alkanes) is 1. The minimum absolute atomic E-state index is 0.0852. The summed E-state index contributed by atoms with van der Waals surface area (Å²) in [6, 6.07) is 3.08. The normalized spacial score (nSPS) is 14.1. The number of anilines is 1. The lowest BCUT2D eigenvalue weighted by atomic mass is 10.0. The molecule has 0 amide bonds. The third-order valence-corrected chi connectivity index (χ3v) is 3.41. The van der Waals surface area contributed by atoms with Crippen molar-refractivity contribution in [2.24, 2.45) is 0 Å². The van der Waals surface area contributed by atoms with Gasteiger partial charge in [-0.1, -0.05) is 19.8 Å². The van der Waals surface area contributed by atoms with Crippen molar-refractivity contribution in [2.75, 3.05) is 12.0 Å². The van der Waals surface area contributed by atoms with Gasteiger partial charge in [0.15, 0.2) is 5.82 Å². The number of hydrogen-bond donors (Lipinski definition) is 2. The lowest BCUT2D eigenvalue weighted by molar-refractivity contribution is 0.116. The molecule has 7 heteroatoms. The van der Waals surface area contributed by atoms with E-state index < -0.39 is 18.8 Å².